The number of rotatable bonds is 18. The van der Waals surface area contributed by atoms with E-state index in [4.69, 9.17) is 9.84 Å². The van der Waals surface area contributed by atoms with Gasteiger partial charge in [-0.1, -0.05) is 70.6 Å². The molecule has 1 aromatic carbocycles. The molecule has 0 aromatic heterocycles. The van der Waals surface area contributed by atoms with E-state index in [2.05, 4.69) is 0 Å². The standard InChI is InChI=1S/C23H36O4/c24-19-13-11-9-7-5-3-1-2-4-6-8-10-12-14-20-27-22-17-15-21(16-18-22)23(25)26/h15-19H,1-14,20H2,(H,25,26). The number of hydrogen-bond donors (Lipinski definition) is 1. The Morgan fingerprint density at radius 3 is 1.63 bits per heavy atom. The molecule has 0 fully saturated rings. The van der Waals surface area contributed by atoms with Gasteiger partial charge in [-0.2, -0.15) is 0 Å². The van der Waals surface area contributed by atoms with Crippen LogP contribution in [0, 0.1) is 0 Å². The molecule has 1 aromatic rings. The number of carboxylic acids is 1. The van der Waals surface area contributed by atoms with E-state index in [9.17, 15) is 9.59 Å². The zero-order valence-corrected chi connectivity index (χ0v) is 16.7. The number of ether oxygens (including phenoxy) is 1. The lowest BCUT2D eigenvalue weighted by molar-refractivity contribution is -0.107. The number of unbranched alkanes of at least 4 members (excludes halogenated alkanes) is 13. The van der Waals surface area contributed by atoms with Crippen LogP contribution in [0.5, 0.6) is 5.75 Å². The van der Waals surface area contributed by atoms with Crippen molar-refractivity contribution >= 4 is 12.3 Å². The van der Waals surface area contributed by atoms with E-state index in [0.29, 0.717) is 6.61 Å². The van der Waals surface area contributed by atoms with Gasteiger partial charge in [0.2, 0.25) is 0 Å². The molecular formula is C23H36O4. The van der Waals surface area contributed by atoms with E-state index >= 15 is 0 Å². The van der Waals surface area contributed by atoms with Gasteiger partial charge in [-0.3, -0.25) is 0 Å². The molecule has 27 heavy (non-hydrogen) atoms. The van der Waals surface area contributed by atoms with Gasteiger partial charge in [0, 0.05) is 6.42 Å². The predicted molar refractivity (Wildman–Crippen MR) is 110 cm³/mol. The average Bonchev–Trinajstić information content (AvgIpc) is 2.68. The van der Waals surface area contributed by atoms with Crippen LogP contribution in [0.2, 0.25) is 0 Å². The van der Waals surface area contributed by atoms with Crippen LogP contribution in [-0.4, -0.2) is 24.0 Å². The van der Waals surface area contributed by atoms with Crippen molar-refractivity contribution in [3.63, 3.8) is 0 Å². The van der Waals surface area contributed by atoms with Crippen LogP contribution in [0.15, 0.2) is 24.3 Å². The van der Waals surface area contributed by atoms with Gasteiger partial charge >= 0.3 is 5.97 Å². The number of aromatic carboxylic acids is 1. The van der Waals surface area contributed by atoms with Gasteiger partial charge < -0.3 is 14.6 Å². The fourth-order valence-electron chi connectivity index (χ4n) is 3.16. The molecule has 152 valence electrons. The van der Waals surface area contributed by atoms with E-state index < -0.39 is 5.97 Å². The molecule has 0 heterocycles. The van der Waals surface area contributed by atoms with E-state index in [0.717, 1.165) is 31.3 Å². The summed E-state index contributed by atoms with van der Waals surface area (Å²) in [4.78, 5) is 21.0. The topological polar surface area (TPSA) is 63.6 Å². The van der Waals surface area contributed by atoms with Crippen molar-refractivity contribution in [2.75, 3.05) is 6.61 Å². The normalized spacial score (nSPS) is 10.7. The molecule has 0 aliphatic heterocycles. The van der Waals surface area contributed by atoms with Crippen molar-refractivity contribution in [2.45, 2.75) is 89.9 Å². The summed E-state index contributed by atoms with van der Waals surface area (Å²) < 4.78 is 5.64. The number of benzene rings is 1. The third-order valence-corrected chi connectivity index (χ3v) is 4.84. The summed E-state index contributed by atoms with van der Waals surface area (Å²) >= 11 is 0. The molecule has 0 saturated heterocycles. The number of aldehydes is 1. The molecule has 0 bridgehead atoms. The zero-order valence-electron chi connectivity index (χ0n) is 16.7. The van der Waals surface area contributed by atoms with Crippen molar-refractivity contribution < 1.29 is 19.4 Å². The number of hydrogen-bond acceptors (Lipinski definition) is 3. The van der Waals surface area contributed by atoms with E-state index in [-0.39, 0.29) is 5.56 Å². The minimum absolute atomic E-state index is 0.289. The zero-order chi connectivity index (χ0) is 19.6. The van der Waals surface area contributed by atoms with Gasteiger partial charge in [0.25, 0.3) is 0 Å². The van der Waals surface area contributed by atoms with Crippen LogP contribution in [0.4, 0.5) is 0 Å². The molecule has 0 saturated carbocycles. The highest BCUT2D eigenvalue weighted by Crippen LogP contribution is 2.15. The summed E-state index contributed by atoms with van der Waals surface area (Å²) in [6.45, 7) is 0.694. The highest BCUT2D eigenvalue weighted by Gasteiger charge is 2.02. The molecule has 1 rings (SSSR count). The minimum Gasteiger partial charge on any atom is -0.494 e. The molecule has 0 unspecified atom stereocenters. The maximum Gasteiger partial charge on any atom is 0.335 e. The largest absolute Gasteiger partial charge is 0.494 e. The van der Waals surface area contributed by atoms with Gasteiger partial charge in [0.1, 0.15) is 12.0 Å². The van der Waals surface area contributed by atoms with Crippen LogP contribution in [0.1, 0.15) is 100 Å². The first-order chi connectivity index (χ1) is 13.2. The van der Waals surface area contributed by atoms with Crippen LogP contribution in [0.3, 0.4) is 0 Å². The Morgan fingerprint density at radius 2 is 1.19 bits per heavy atom. The fraction of sp³-hybridized carbons (Fsp3) is 0.652. The van der Waals surface area contributed by atoms with Crippen LogP contribution >= 0.6 is 0 Å². The minimum atomic E-state index is -0.910. The van der Waals surface area contributed by atoms with Crippen molar-refractivity contribution in [1.82, 2.24) is 0 Å². The first-order valence-corrected chi connectivity index (χ1v) is 10.6. The highest BCUT2D eigenvalue weighted by molar-refractivity contribution is 5.87. The molecule has 4 heteroatoms. The first-order valence-electron chi connectivity index (χ1n) is 10.6. The van der Waals surface area contributed by atoms with Crippen molar-refractivity contribution in [3.05, 3.63) is 29.8 Å². The molecule has 0 amide bonds. The monoisotopic (exact) mass is 376 g/mol. The highest BCUT2D eigenvalue weighted by atomic mass is 16.5. The van der Waals surface area contributed by atoms with Gasteiger partial charge in [-0.05, 0) is 37.1 Å². The Labute approximate surface area is 164 Å². The average molecular weight is 377 g/mol. The van der Waals surface area contributed by atoms with E-state index in [1.54, 1.807) is 24.3 Å². The Morgan fingerprint density at radius 1 is 0.741 bits per heavy atom. The van der Waals surface area contributed by atoms with Gasteiger partial charge in [0.15, 0.2) is 0 Å². The lowest BCUT2D eigenvalue weighted by Gasteiger charge is -2.06. The lowest BCUT2D eigenvalue weighted by Crippen LogP contribution is -1.99. The summed E-state index contributed by atoms with van der Waals surface area (Å²) in [5.74, 6) is -0.170. The van der Waals surface area contributed by atoms with Crippen LogP contribution in [-0.2, 0) is 4.79 Å². The molecule has 0 aliphatic carbocycles. The van der Waals surface area contributed by atoms with Crippen molar-refractivity contribution in [3.8, 4) is 5.75 Å². The Kier molecular flexibility index (Phi) is 14.0. The third kappa shape index (κ3) is 13.0. The maximum atomic E-state index is 10.8. The first kappa shape index (κ1) is 23.2. The quantitative estimate of drug-likeness (QED) is 0.237. The third-order valence-electron chi connectivity index (χ3n) is 4.84. The molecule has 1 N–H and O–H groups in total. The fourth-order valence-corrected chi connectivity index (χ4v) is 3.16. The smallest absolute Gasteiger partial charge is 0.335 e. The summed E-state index contributed by atoms with van der Waals surface area (Å²) in [5, 5.41) is 8.85. The van der Waals surface area contributed by atoms with E-state index in [1.165, 1.54) is 70.6 Å². The van der Waals surface area contributed by atoms with Crippen LogP contribution in [0.25, 0.3) is 0 Å². The summed E-state index contributed by atoms with van der Waals surface area (Å²) in [6.07, 6.45) is 18.1. The molecular weight excluding hydrogens is 340 g/mol. The SMILES string of the molecule is O=CCCCCCCCCCCCCCCCOc1ccc(C(=O)O)cc1. The number of carbonyl (C=O) groups excluding carboxylic acids is 1. The van der Waals surface area contributed by atoms with Gasteiger partial charge in [-0.15, -0.1) is 0 Å². The predicted octanol–water partition coefficient (Wildman–Crippen LogP) is 6.42. The molecule has 0 atom stereocenters. The number of carboxylic acid groups (broad SMARTS) is 1. The molecule has 0 aliphatic rings. The summed E-state index contributed by atoms with van der Waals surface area (Å²) in [6, 6.07) is 6.58. The molecule has 4 nitrogen and oxygen atoms in total. The molecule has 0 spiro atoms. The summed E-state index contributed by atoms with van der Waals surface area (Å²) in [7, 11) is 0. The van der Waals surface area contributed by atoms with Gasteiger partial charge in [-0.25, -0.2) is 4.79 Å². The maximum absolute atomic E-state index is 10.8. The van der Waals surface area contributed by atoms with Crippen LogP contribution < -0.4 is 4.74 Å². The second-order valence-electron chi connectivity index (χ2n) is 7.23. The summed E-state index contributed by atoms with van der Waals surface area (Å²) in [5.41, 5.74) is 0.289. The number of carbonyl (C=O) groups is 2. The second kappa shape index (κ2) is 16.3. The van der Waals surface area contributed by atoms with Crippen molar-refractivity contribution in [1.29, 1.82) is 0 Å². The van der Waals surface area contributed by atoms with Crippen molar-refractivity contribution in [2.24, 2.45) is 0 Å². The Hall–Kier alpha value is -1.84. The second-order valence-corrected chi connectivity index (χ2v) is 7.23. The van der Waals surface area contributed by atoms with Gasteiger partial charge in [0.05, 0.1) is 12.2 Å². The lowest BCUT2D eigenvalue weighted by atomic mass is 10.0. The Balaban J connectivity index is 1.81. The Bertz CT molecular complexity index is 496. The molecule has 0 radical (unpaired) electrons. The van der Waals surface area contributed by atoms with E-state index in [1.807, 2.05) is 0 Å².